The summed E-state index contributed by atoms with van der Waals surface area (Å²) in [7, 11) is 0. The summed E-state index contributed by atoms with van der Waals surface area (Å²) in [6.45, 7) is 0. The van der Waals surface area contributed by atoms with Gasteiger partial charge in [0.25, 0.3) is 5.91 Å². The largest absolute Gasteiger partial charge is 0.351 e. The van der Waals surface area contributed by atoms with Crippen molar-refractivity contribution in [2.24, 2.45) is 0 Å². The lowest BCUT2D eigenvalue weighted by Crippen LogP contribution is -2.14. The highest BCUT2D eigenvalue weighted by atomic mass is 35.5. The topological polar surface area (TPSA) is 70.7 Å². The number of hydrogen-bond donors (Lipinski definition) is 2. The molecule has 3 aromatic rings. The number of nitrogens with one attached hydrogen (secondary N) is 2. The number of H-pyrrole nitrogens is 1. The number of para-hydroxylation sites is 1. The van der Waals surface area contributed by atoms with Crippen LogP contribution in [0.4, 0.5) is 5.95 Å². The summed E-state index contributed by atoms with van der Waals surface area (Å²) in [5, 5.41) is 3.83. The molecule has 2 aromatic heterocycles. The first-order valence-corrected chi connectivity index (χ1v) is 5.98. The van der Waals surface area contributed by atoms with E-state index in [0.717, 1.165) is 10.9 Å². The zero-order chi connectivity index (χ0) is 13.2. The average molecular weight is 273 g/mol. The zero-order valence-electron chi connectivity index (χ0n) is 9.72. The van der Waals surface area contributed by atoms with Gasteiger partial charge in [-0.25, -0.2) is 9.97 Å². The van der Waals surface area contributed by atoms with Gasteiger partial charge in [0.2, 0.25) is 5.95 Å². The molecule has 0 spiro atoms. The third kappa shape index (κ3) is 2.41. The predicted octanol–water partition coefficient (Wildman–Crippen LogP) is 2.86. The van der Waals surface area contributed by atoms with Crippen LogP contribution >= 0.6 is 11.6 Å². The Kier molecular flexibility index (Phi) is 2.89. The van der Waals surface area contributed by atoms with Crippen LogP contribution in [0.1, 0.15) is 10.5 Å². The maximum atomic E-state index is 12.0. The second kappa shape index (κ2) is 4.70. The van der Waals surface area contributed by atoms with Crippen LogP contribution < -0.4 is 5.32 Å². The highest BCUT2D eigenvalue weighted by Gasteiger charge is 2.10. The number of benzene rings is 1. The fourth-order valence-electron chi connectivity index (χ4n) is 1.76. The first-order chi connectivity index (χ1) is 9.22. The highest BCUT2D eigenvalue weighted by Crippen LogP contribution is 2.15. The molecule has 0 aliphatic rings. The number of anilines is 1. The molecule has 0 atom stereocenters. The quantitative estimate of drug-likeness (QED) is 0.705. The summed E-state index contributed by atoms with van der Waals surface area (Å²) >= 11 is 5.73. The van der Waals surface area contributed by atoms with Crippen molar-refractivity contribution in [3.63, 3.8) is 0 Å². The lowest BCUT2D eigenvalue weighted by Gasteiger charge is -2.01. The molecule has 0 aliphatic carbocycles. The average Bonchev–Trinajstić information content (AvgIpc) is 2.82. The lowest BCUT2D eigenvalue weighted by atomic mass is 10.2. The first-order valence-electron chi connectivity index (χ1n) is 5.60. The predicted molar refractivity (Wildman–Crippen MR) is 73.3 cm³/mol. The minimum Gasteiger partial charge on any atom is -0.351 e. The summed E-state index contributed by atoms with van der Waals surface area (Å²) in [5.41, 5.74) is 1.35. The van der Waals surface area contributed by atoms with Crippen LogP contribution in [0.3, 0.4) is 0 Å². The van der Waals surface area contributed by atoms with E-state index in [1.165, 1.54) is 6.20 Å². The minimum atomic E-state index is -0.307. The second-order valence-electron chi connectivity index (χ2n) is 3.93. The van der Waals surface area contributed by atoms with Gasteiger partial charge < -0.3 is 4.98 Å². The third-order valence-electron chi connectivity index (χ3n) is 2.62. The number of fused-ring (bicyclic) bond motifs is 1. The Labute approximate surface area is 113 Å². The molecule has 0 saturated heterocycles. The zero-order valence-corrected chi connectivity index (χ0v) is 10.5. The monoisotopic (exact) mass is 272 g/mol. The van der Waals surface area contributed by atoms with Gasteiger partial charge >= 0.3 is 0 Å². The molecule has 0 fully saturated rings. The number of aromatic nitrogens is 3. The SMILES string of the molecule is O=C(Nc1nccc(Cl)n1)c1cc2ccccc2[nH]1. The van der Waals surface area contributed by atoms with Gasteiger partial charge in [0.05, 0.1) is 0 Å². The van der Waals surface area contributed by atoms with Gasteiger partial charge in [0, 0.05) is 17.1 Å². The van der Waals surface area contributed by atoms with Gasteiger partial charge in [-0.2, -0.15) is 0 Å². The Morgan fingerprint density at radius 3 is 2.89 bits per heavy atom. The fourth-order valence-corrected chi connectivity index (χ4v) is 1.90. The van der Waals surface area contributed by atoms with Gasteiger partial charge in [-0.1, -0.05) is 29.8 Å². The maximum Gasteiger partial charge on any atom is 0.274 e. The van der Waals surface area contributed by atoms with Gasteiger partial charge in [0.1, 0.15) is 10.8 Å². The molecular weight excluding hydrogens is 264 g/mol. The smallest absolute Gasteiger partial charge is 0.274 e. The van der Waals surface area contributed by atoms with Crippen molar-refractivity contribution in [1.82, 2.24) is 15.0 Å². The van der Waals surface area contributed by atoms with Crippen molar-refractivity contribution >= 4 is 34.4 Å². The standard InChI is InChI=1S/C13H9ClN4O/c14-11-5-6-15-13(17-11)18-12(19)10-7-8-3-1-2-4-9(8)16-10/h1-7,16H,(H,15,17,18,19). The molecule has 1 amide bonds. The highest BCUT2D eigenvalue weighted by molar-refractivity contribution is 6.29. The van der Waals surface area contributed by atoms with Crippen LogP contribution in [0.2, 0.25) is 5.15 Å². The lowest BCUT2D eigenvalue weighted by molar-refractivity contribution is 0.102. The van der Waals surface area contributed by atoms with Gasteiger partial charge in [-0.05, 0) is 18.2 Å². The van der Waals surface area contributed by atoms with E-state index in [9.17, 15) is 4.79 Å². The molecular formula is C13H9ClN4O. The summed E-state index contributed by atoms with van der Waals surface area (Å²) in [6, 6.07) is 11.0. The van der Waals surface area contributed by atoms with Crippen molar-refractivity contribution in [2.45, 2.75) is 0 Å². The molecule has 0 saturated carbocycles. The van der Waals surface area contributed by atoms with Crippen molar-refractivity contribution in [3.8, 4) is 0 Å². The Bertz CT molecular complexity index is 720. The number of aromatic amines is 1. The number of carbonyl (C=O) groups excluding carboxylic acids is 1. The van der Waals surface area contributed by atoms with E-state index in [1.54, 1.807) is 12.1 Å². The Morgan fingerprint density at radius 1 is 1.26 bits per heavy atom. The molecule has 2 heterocycles. The van der Waals surface area contributed by atoms with E-state index in [2.05, 4.69) is 20.3 Å². The van der Waals surface area contributed by atoms with Crippen LogP contribution in [0.25, 0.3) is 10.9 Å². The molecule has 3 rings (SSSR count). The molecule has 0 radical (unpaired) electrons. The number of halogens is 1. The number of amides is 1. The van der Waals surface area contributed by atoms with Crippen LogP contribution in [0.15, 0.2) is 42.6 Å². The molecule has 0 bridgehead atoms. The van der Waals surface area contributed by atoms with Crippen molar-refractivity contribution in [1.29, 1.82) is 0 Å². The Balaban J connectivity index is 1.87. The molecule has 1 aromatic carbocycles. The number of nitrogens with zero attached hydrogens (tertiary/aromatic N) is 2. The van der Waals surface area contributed by atoms with Crippen LogP contribution in [-0.2, 0) is 0 Å². The van der Waals surface area contributed by atoms with Crippen LogP contribution in [0.5, 0.6) is 0 Å². The van der Waals surface area contributed by atoms with E-state index in [4.69, 9.17) is 11.6 Å². The van der Waals surface area contributed by atoms with Gasteiger partial charge in [-0.15, -0.1) is 0 Å². The fraction of sp³-hybridized carbons (Fsp3) is 0. The van der Waals surface area contributed by atoms with E-state index in [0.29, 0.717) is 5.69 Å². The Morgan fingerprint density at radius 2 is 2.11 bits per heavy atom. The second-order valence-corrected chi connectivity index (χ2v) is 4.31. The maximum absolute atomic E-state index is 12.0. The third-order valence-corrected chi connectivity index (χ3v) is 2.83. The number of hydrogen-bond acceptors (Lipinski definition) is 3. The van der Waals surface area contributed by atoms with E-state index < -0.39 is 0 Å². The van der Waals surface area contributed by atoms with Crippen LogP contribution in [-0.4, -0.2) is 20.9 Å². The molecule has 5 nitrogen and oxygen atoms in total. The molecule has 19 heavy (non-hydrogen) atoms. The van der Waals surface area contributed by atoms with Crippen molar-refractivity contribution in [3.05, 3.63) is 53.4 Å². The summed E-state index contributed by atoms with van der Waals surface area (Å²) in [6.07, 6.45) is 1.48. The summed E-state index contributed by atoms with van der Waals surface area (Å²) < 4.78 is 0. The van der Waals surface area contributed by atoms with Crippen molar-refractivity contribution < 1.29 is 4.79 Å². The Hall–Kier alpha value is -2.40. The molecule has 0 unspecified atom stereocenters. The first kappa shape index (κ1) is 11.7. The normalized spacial score (nSPS) is 10.6. The van der Waals surface area contributed by atoms with Gasteiger partial charge in [0.15, 0.2) is 0 Å². The summed E-state index contributed by atoms with van der Waals surface area (Å²) in [5.74, 6) is -0.130. The van der Waals surface area contributed by atoms with Crippen LogP contribution in [0, 0.1) is 0 Å². The molecule has 94 valence electrons. The molecule has 2 N–H and O–H groups in total. The van der Waals surface area contributed by atoms with E-state index in [1.807, 2.05) is 24.3 Å². The van der Waals surface area contributed by atoms with Crippen molar-refractivity contribution in [2.75, 3.05) is 5.32 Å². The van der Waals surface area contributed by atoms with Gasteiger partial charge in [-0.3, -0.25) is 10.1 Å². The molecule has 6 heteroatoms. The molecule has 0 aliphatic heterocycles. The minimum absolute atomic E-state index is 0.177. The number of carbonyl (C=O) groups is 1. The number of rotatable bonds is 2. The van der Waals surface area contributed by atoms with E-state index in [-0.39, 0.29) is 17.0 Å². The summed E-state index contributed by atoms with van der Waals surface area (Å²) in [4.78, 5) is 22.9. The van der Waals surface area contributed by atoms with E-state index >= 15 is 0 Å².